The lowest BCUT2D eigenvalue weighted by Crippen LogP contribution is -2.29. The molecule has 0 radical (unpaired) electrons. The second-order valence-corrected chi connectivity index (χ2v) is 18.6. The lowest BCUT2D eigenvalue weighted by Gasteiger charge is -2.14. The van der Waals surface area contributed by atoms with Crippen LogP contribution in [-0.2, 0) is 29.8 Å². The fourth-order valence-electron chi connectivity index (χ4n) is 7.23. The fraction of sp³-hybridized carbons (Fsp3) is 0.0851. The Labute approximate surface area is 408 Å². The maximum Gasteiger partial charge on any atom is 0.338 e. The summed E-state index contributed by atoms with van der Waals surface area (Å²) in [7, 11) is -9.36. The first kappa shape index (κ1) is 49.3. The maximum atomic E-state index is 13.3. The van der Waals surface area contributed by atoms with Gasteiger partial charge in [-0.25, -0.2) is 14.4 Å². The third-order valence-electron chi connectivity index (χ3n) is 10.9. The number of nitrogens with one attached hydrogen (secondary N) is 2. The van der Waals surface area contributed by atoms with Crippen LogP contribution in [0.25, 0.3) is 22.3 Å². The van der Waals surface area contributed by atoms with Gasteiger partial charge in [-0.15, -0.1) is 0 Å². The molecule has 6 aromatic rings. The Morgan fingerprint density at radius 3 is 1.14 bits per heavy atom. The predicted molar refractivity (Wildman–Crippen MR) is 261 cm³/mol. The number of carboxylic acids is 2. The van der Waals surface area contributed by atoms with Gasteiger partial charge in [0.25, 0.3) is 32.1 Å². The molecule has 2 aliphatic heterocycles. The molecule has 25 heteroatoms. The molecule has 0 saturated heterocycles. The smallest absolute Gasteiger partial charge is 0.338 e. The lowest BCUT2D eigenvalue weighted by atomic mass is 10.0. The number of aromatic carboxylic acids is 2. The van der Waals surface area contributed by atoms with Crippen molar-refractivity contribution >= 4 is 95.6 Å². The van der Waals surface area contributed by atoms with Crippen molar-refractivity contribution in [1.82, 2.24) is 0 Å². The van der Waals surface area contributed by atoms with E-state index < -0.39 is 83.0 Å². The third kappa shape index (κ3) is 10.7. The topological polar surface area (TPSA) is 339 Å². The molecule has 0 aliphatic carbocycles. The van der Waals surface area contributed by atoms with E-state index in [9.17, 15) is 60.1 Å². The molecule has 4 amide bonds. The second kappa shape index (κ2) is 19.7. The van der Waals surface area contributed by atoms with Crippen LogP contribution in [0.2, 0.25) is 0 Å². The highest BCUT2D eigenvalue weighted by molar-refractivity contribution is 7.86. The quantitative estimate of drug-likeness (QED) is 0.0442. The molecule has 0 spiro atoms. The van der Waals surface area contributed by atoms with Crippen LogP contribution in [0.15, 0.2) is 174 Å². The summed E-state index contributed by atoms with van der Waals surface area (Å²) in [6, 6.07) is 30.5. The number of hydrogen-bond acceptors (Lipinski definition) is 15. The number of carbonyl (C=O) groups is 5. The number of benzene rings is 6. The number of rotatable bonds is 14. The molecule has 6 aromatic carbocycles. The number of hydrazone groups is 2. The average Bonchev–Trinajstić information content (AvgIpc) is 3.80. The average molecular weight is 1010 g/mol. The van der Waals surface area contributed by atoms with E-state index in [1.807, 2.05) is 0 Å². The first-order valence-corrected chi connectivity index (χ1v) is 23.8. The fourth-order valence-corrected chi connectivity index (χ4v) is 8.25. The maximum absolute atomic E-state index is 13.3. The number of carbonyl (C=O) groups excluding carboxylic acids is 3. The normalized spacial score (nSPS) is 16.1. The molecule has 364 valence electrons. The summed E-state index contributed by atoms with van der Waals surface area (Å²) >= 11 is 0. The summed E-state index contributed by atoms with van der Waals surface area (Å²) < 4.78 is 64.5. The zero-order valence-electron chi connectivity index (χ0n) is 37.2. The van der Waals surface area contributed by atoms with Crippen molar-refractivity contribution in [2.45, 2.75) is 35.7 Å². The summed E-state index contributed by atoms with van der Waals surface area (Å²) in [4.78, 5) is 61.7. The van der Waals surface area contributed by atoms with Crippen molar-refractivity contribution < 1.29 is 60.1 Å². The Hall–Kier alpha value is -9.17. The first-order chi connectivity index (χ1) is 34.1. The minimum Gasteiger partial charge on any atom is -0.478 e. The molecule has 2 unspecified atom stereocenters. The van der Waals surface area contributed by atoms with E-state index >= 15 is 0 Å². The van der Waals surface area contributed by atoms with Crippen molar-refractivity contribution in [2.75, 3.05) is 20.7 Å². The van der Waals surface area contributed by atoms with Crippen molar-refractivity contribution in [3.05, 3.63) is 145 Å². The number of hydrogen-bond donors (Lipinski definition) is 6. The highest BCUT2D eigenvalue weighted by atomic mass is 32.2. The Morgan fingerprint density at radius 1 is 0.514 bits per heavy atom. The molecule has 0 bridgehead atoms. The van der Waals surface area contributed by atoms with Gasteiger partial charge in [-0.05, 0) is 121 Å². The van der Waals surface area contributed by atoms with Crippen LogP contribution in [0.5, 0.6) is 0 Å². The molecule has 0 saturated carbocycles. The van der Waals surface area contributed by atoms with Crippen molar-refractivity contribution in [2.24, 2.45) is 30.7 Å². The van der Waals surface area contributed by atoms with Gasteiger partial charge in [0.1, 0.15) is 0 Å². The molecular formula is C47H36N10O13S2. The number of amides is 4. The number of anilines is 4. The molecule has 72 heavy (non-hydrogen) atoms. The third-order valence-corrected chi connectivity index (χ3v) is 12.6. The molecular weight excluding hydrogens is 977 g/mol. The van der Waals surface area contributed by atoms with Crippen LogP contribution in [0.4, 0.5) is 38.9 Å². The highest BCUT2D eigenvalue weighted by Crippen LogP contribution is 2.32. The van der Waals surface area contributed by atoms with Gasteiger partial charge in [-0.3, -0.25) is 18.7 Å². The Morgan fingerprint density at radius 2 is 0.833 bits per heavy atom. The van der Waals surface area contributed by atoms with Crippen LogP contribution in [0.3, 0.4) is 0 Å². The zero-order valence-corrected chi connectivity index (χ0v) is 38.8. The standard InChI is InChI=1S/C47H36N10O13S2/c1-25-41(52-50-39-21-19-35(71(65,66)67)23-37(39)45(60)61)43(58)56(54-25)33-15-7-29(8-16-33)27-3-11-31(12-4-27)48-47(64)49-32-13-5-28(6-14-32)30-9-17-34(18-10-30)57-44(59)42(26(2)55-57)53-51-40-22-20-36(72(68,69)70)24-38(40)46(62)63/h3-24,41-42H,1-2H3,(H,60,61)(H,62,63)(H2,48,49,64)(H,65,66,67)(H,68,69,70). The van der Waals surface area contributed by atoms with Crippen molar-refractivity contribution in [3.63, 3.8) is 0 Å². The Balaban J connectivity index is 0.835. The summed E-state index contributed by atoms with van der Waals surface area (Å²) in [6.07, 6.45) is 0. The van der Waals surface area contributed by atoms with Gasteiger partial charge in [-0.1, -0.05) is 48.5 Å². The molecule has 0 aromatic heterocycles. The van der Waals surface area contributed by atoms with E-state index in [-0.39, 0.29) is 22.8 Å². The Bertz CT molecular complexity index is 3330. The monoisotopic (exact) mass is 1010 g/mol. The van der Waals surface area contributed by atoms with E-state index in [2.05, 4.69) is 41.3 Å². The molecule has 8 rings (SSSR count). The number of carboxylic acid groups (broad SMARTS) is 2. The molecule has 6 N–H and O–H groups in total. The number of urea groups is 1. The number of azo groups is 2. The van der Waals surface area contributed by atoms with Crippen LogP contribution in [0, 0.1) is 0 Å². The zero-order chi connectivity index (χ0) is 51.6. The van der Waals surface area contributed by atoms with Crippen LogP contribution >= 0.6 is 0 Å². The van der Waals surface area contributed by atoms with Gasteiger partial charge in [0.2, 0.25) is 0 Å². The second-order valence-electron chi connectivity index (χ2n) is 15.8. The minimum atomic E-state index is -4.68. The number of nitrogens with zero attached hydrogens (tertiary/aromatic N) is 8. The van der Waals surface area contributed by atoms with E-state index in [0.717, 1.165) is 68.7 Å². The predicted octanol–water partition coefficient (Wildman–Crippen LogP) is 8.30. The molecule has 2 heterocycles. The van der Waals surface area contributed by atoms with Gasteiger partial charge < -0.3 is 20.8 Å². The molecule has 23 nitrogen and oxygen atoms in total. The first-order valence-electron chi connectivity index (χ1n) is 20.9. The highest BCUT2D eigenvalue weighted by Gasteiger charge is 2.36. The van der Waals surface area contributed by atoms with Gasteiger partial charge in [0.15, 0.2) is 12.1 Å². The lowest BCUT2D eigenvalue weighted by molar-refractivity contribution is -0.118. The van der Waals surface area contributed by atoms with E-state index in [1.165, 1.54) is 0 Å². The molecule has 2 atom stereocenters. The van der Waals surface area contributed by atoms with Crippen LogP contribution in [-0.4, -0.2) is 89.4 Å². The summed E-state index contributed by atoms with van der Waals surface area (Å²) in [6.45, 7) is 3.10. The molecule has 2 aliphatic rings. The van der Waals surface area contributed by atoms with Crippen LogP contribution in [0.1, 0.15) is 34.6 Å². The van der Waals surface area contributed by atoms with Gasteiger partial charge in [0, 0.05) is 11.4 Å². The summed E-state index contributed by atoms with van der Waals surface area (Å²) in [5.74, 6) is -4.17. The Kier molecular flexibility index (Phi) is 13.5. The van der Waals surface area contributed by atoms with Gasteiger partial charge in [0.05, 0.1) is 55.1 Å². The largest absolute Gasteiger partial charge is 0.478 e. The minimum absolute atomic E-state index is 0.237. The SMILES string of the molecule is CC1=NN(c2ccc(-c3ccc(NC(=O)Nc4ccc(-c5ccc(N6N=C(C)C(N=Nc7ccc(S(=O)(=O)O)cc7C(=O)O)C6=O)cc5)cc4)cc3)cc2)C(=O)C1N=Nc1ccc(S(=O)(=O)O)cc1C(=O)O. The van der Waals surface area contributed by atoms with Gasteiger partial charge >= 0.3 is 18.0 Å². The van der Waals surface area contributed by atoms with Crippen molar-refractivity contribution in [1.29, 1.82) is 0 Å². The van der Waals surface area contributed by atoms with E-state index in [4.69, 9.17) is 0 Å². The van der Waals surface area contributed by atoms with E-state index in [0.29, 0.717) is 22.7 Å². The van der Waals surface area contributed by atoms with Crippen molar-refractivity contribution in [3.8, 4) is 22.3 Å². The van der Waals surface area contributed by atoms with Gasteiger partial charge in [-0.2, -0.15) is 57.5 Å². The van der Waals surface area contributed by atoms with E-state index in [1.54, 1.807) is 111 Å². The summed E-state index contributed by atoms with van der Waals surface area (Å²) in [5, 5.41) is 51.3. The summed E-state index contributed by atoms with van der Waals surface area (Å²) in [5.41, 5.74) is 3.99. The molecule has 0 fully saturated rings. The van der Waals surface area contributed by atoms with Crippen LogP contribution < -0.4 is 20.7 Å².